The molecule has 84 valence electrons. The number of hydrogen-bond donors (Lipinski definition) is 1. The Bertz CT molecular complexity index is 526. The van der Waals surface area contributed by atoms with Gasteiger partial charge in [0.2, 0.25) is 5.95 Å². The number of halogens is 1. The molecule has 0 bridgehead atoms. The van der Waals surface area contributed by atoms with Gasteiger partial charge in [-0.15, -0.1) is 0 Å². The predicted octanol–water partition coefficient (Wildman–Crippen LogP) is 3.39. The third-order valence-corrected chi connectivity index (χ3v) is 3.68. The number of imidazole rings is 1. The van der Waals surface area contributed by atoms with Crippen molar-refractivity contribution in [1.82, 2.24) is 9.55 Å². The Morgan fingerprint density at radius 1 is 1.31 bits per heavy atom. The van der Waals surface area contributed by atoms with E-state index in [1.165, 1.54) is 25.7 Å². The van der Waals surface area contributed by atoms with Crippen LogP contribution in [0.25, 0.3) is 11.0 Å². The number of nitrogens with zero attached hydrogens (tertiary/aromatic N) is 2. The van der Waals surface area contributed by atoms with E-state index in [1.807, 2.05) is 18.2 Å². The van der Waals surface area contributed by atoms with Gasteiger partial charge in [-0.1, -0.05) is 30.5 Å². The molecule has 1 aliphatic carbocycles. The fourth-order valence-electron chi connectivity index (χ4n) is 2.66. The molecule has 1 heterocycles. The van der Waals surface area contributed by atoms with E-state index >= 15 is 0 Å². The maximum Gasteiger partial charge on any atom is 0.201 e. The number of anilines is 1. The van der Waals surface area contributed by atoms with Crippen molar-refractivity contribution in [2.24, 2.45) is 0 Å². The zero-order chi connectivity index (χ0) is 11.1. The van der Waals surface area contributed by atoms with Crippen molar-refractivity contribution in [3.05, 3.63) is 23.2 Å². The van der Waals surface area contributed by atoms with Gasteiger partial charge in [0.15, 0.2) is 0 Å². The van der Waals surface area contributed by atoms with Crippen LogP contribution in [-0.2, 0) is 0 Å². The second kappa shape index (κ2) is 3.67. The topological polar surface area (TPSA) is 43.8 Å². The SMILES string of the molecule is Nc1nc2cccc(Cl)c2n1C1CCCC1. The summed E-state index contributed by atoms with van der Waals surface area (Å²) in [6.07, 6.45) is 4.91. The van der Waals surface area contributed by atoms with Gasteiger partial charge >= 0.3 is 0 Å². The highest BCUT2D eigenvalue weighted by Gasteiger charge is 2.22. The molecule has 0 atom stereocenters. The molecule has 1 aliphatic rings. The number of fused-ring (bicyclic) bond motifs is 1. The lowest BCUT2D eigenvalue weighted by Crippen LogP contribution is -2.08. The normalized spacial score (nSPS) is 17.3. The van der Waals surface area contributed by atoms with Crippen molar-refractivity contribution in [2.45, 2.75) is 31.7 Å². The maximum atomic E-state index is 6.24. The first kappa shape index (κ1) is 9.97. The third kappa shape index (κ3) is 1.39. The van der Waals surface area contributed by atoms with Crippen LogP contribution in [0.4, 0.5) is 5.95 Å². The molecular weight excluding hydrogens is 222 g/mol. The first-order chi connectivity index (χ1) is 7.77. The Balaban J connectivity index is 2.25. The van der Waals surface area contributed by atoms with E-state index in [-0.39, 0.29) is 0 Å². The van der Waals surface area contributed by atoms with E-state index < -0.39 is 0 Å². The molecule has 0 spiro atoms. The van der Waals surface area contributed by atoms with Gasteiger partial charge in [0.1, 0.15) is 0 Å². The van der Waals surface area contributed by atoms with Gasteiger partial charge in [-0.25, -0.2) is 4.98 Å². The van der Waals surface area contributed by atoms with Gasteiger partial charge < -0.3 is 10.3 Å². The number of hydrogen-bond acceptors (Lipinski definition) is 2. The summed E-state index contributed by atoms with van der Waals surface area (Å²) in [7, 11) is 0. The van der Waals surface area contributed by atoms with Crippen LogP contribution in [0.2, 0.25) is 5.02 Å². The van der Waals surface area contributed by atoms with Crippen molar-refractivity contribution in [1.29, 1.82) is 0 Å². The highest BCUT2D eigenvalue weighted by molar-refractivity contribution is 6.35. The molecule has 1 aromatic carbocycles. The number of benzene rings is 1. The standard InChI is InChI=1S/C12H14ClN3/c13-9-6-3-7-10-11(9)16(12(14)15-10)8-4-1-2-5-8/h3,6-8H,1-2,4-5H2,(H2,14,15). The molecule has 0 radical (unpaired) electrons. The van der Waals surface area contributed by atoms with Crippen molar-refractivity contribution in [2.75, 3.05) is 5.73 Å². The average Bonchev–Trinajstić information content (AvgIpc) is 2.84. The third-order valence-electron chi connectivity index (χ3n) is 3.38. The Morgan fingerprint density at radius 2 is 2.06 bits per heavy atom. The molecule has 4 heteroatoms. The average molecular weight is 236 g/mol. The predicted molar refractivity (Wildman–Crippen MR) is 66.7 cm³/mol. The van der Waals surface area contributed by atoms with Gasteiger partial charge in [0.05, 0.1) is 16.1 Å². The van der Waals surface area contributed by atoms with Crippen LogP contribution in [0.3, 0.4) is 0 Å². The minimum atomic E-state index is 0.477. The lowest BCUT2D eigenvalue weighted by atomic mass is 10.2. The van der Waals surface area contributed by atoms with E-state index in [4.69, 9.17) is 17.3 Å². The maximum absolute atomic E-state index is 6.24. The summed E-state index contributed by atoms with van der Waals surface area (Å²) in [6, 6.07) is 6.25. The monoisotopic (exact) mass is 235 g/mol. The molecule has 1 saturated carbocycles. The van der Waals surface area contributed by atoms with Crippen LogP contribution in [0, 0.1) is 0 Å². The van der Waals surface area contributed by atoms with Crippen LogP contribution in [0.1, 0.15) is 31.7 Å². The molecule has 0 amide bonds. The molecule has 1 aromatic heterocycles. The van der Waals surface area contributed by atoms with E-state index in [0.717, 1.165) is 16.1 Å². The van der Waals surface area contributed by atoms with Crippen LogP contribution in [0.15, 0.2) is 18.2 Å². The zero-order valence-electron chi connectivity index (χ0n) is 8.99. The van der Waals surface area contributed by atoms with Crippen LogP contribution in [0.5, 0.6) is 0 Å². The summed E-state index contributed by atoms with van der Waals surface area (Å²) in [5.41, 5.74) is 7.89. The summed E-state index contributed by atoms with van der Waals surface area (Å²) in [4.78, 5) is 4.37. The molecular formula is C12H14ClN3. The fourth-order valence-corrected chi connectivity index (χ4v) is 2.92. The lowest BCUT2D eigenvalue weighted by Gasteiger charge is -2.14. The Kier molecular flexibility index (Phi) is 2.28. The molecule has 2 N–H and O–H groups in total. The summed E-state index contributed by atoms with van der Waals surface area (Å²) >= 11 is 6.24. The first-order valence-electron chi connectivity index (χ1n) is 5.69. The van der Waals surface area contributed by atoms with E-state index in [2.05, 4.69) is 9.55 Å². The highest BCUT2D eigenvalue weighted by Crippen LogP contribution is 2.36. The molecule has 0 unspecified atom stereocenters. The van der Waals surface area contributed by atoms with Gasteiger partial charge in [-0.3, -0.25) is 0 Å². The number of para-hydroxylation sites is 1. The van der Waals surface area contributed by atoms with Gasteiger partial charge in [-0.05, 0) is 25.0 Å². The second-order valence-corrected chi connectivity index (χ2v) is 4.79. The fraction of sp³-hybridized carbons (Fsp3) is 0.417. The van der Waals surface area contributed by atoms with Crippen LogP contribution in [-0.4, -0.2) is 9.55 Å². The largest absolute Gasteiger partial charge is 0.369 e. The molecule has 0 saturated heterocycles. The molecule has 2 aromatic rings. The zero-order valence-corrected chi connectivity index (χ0v) is 9.74. The molecule has 3 rings (SSSR count). The van der Waals surface area contributed by atoms with Gasteiger partial charge in [-0.2, -0.15) is 0 Å². The number of rotatable bonds is 1. The number of nitrogen functional groups attached to an aromatic ring is 1. The highest BCUT2D eigenvalue weighted by atomic mass is 35.5. The Morgan fingerprint density at radius 3 is 2.81 bits per heavy atom. The van der Waals surface area contributed by atoms with Crippen LogP contribution >= 0.6 is 11.6 Å². The van der Waals surface area contributed by atoms with Crippen LogP contribution < -0.4 is 5.73 Å². The number of aromatic nitrogens is 2. The van der Waals surface area contributed by atoms with Crippen molar-refractivity contribution in [3.63, 3.8) is 0 Å². The summed E-state index contributed by atoms with van der Waals surface area (Å²) < 4.78 is 2.12. The first-order valence-corrected chi connectivity index (χ1v) is 6.07. The summed E-state index contributed by atoms with van der Waals surface area (Å²) in [5.74, 6) is 0.593. The van der Waals surface area contributed by atoms with Gasteiger partial charge in [0.25, 0.3) is 0 Å². The van der Waals surface area contributed by atoms with Gasteiger partial charge in [0, 0.05) is 6.04 Å². The van der Waals surface area contributed by atoms with E-state index in [0.29, 0.717) is 12.0 Å². The van der Waals surface area contributed by atoms with Crippen molar-refractivity contribution < 1.29 is 0 Å². The molecule has 0 aliphatic heterocycles. The van der Waals surface area contributed by atoms with Crippen molar-refractivity contribution in [3.8, 4) is 0 Å². The van der Waals surface area contributed by atoms with E-state index in [1.54, 1.807) is 0 Å². The lowest BCUT2D eigenvalue weighted by molar-refractivity contribution is 0.539. The Labute approximate surface area is 99.2 Å². The Hall–Kier alpha value is -1.22. The summed E-state index contributed by atoms with van der Waals surface area (Å²) in [5, 5.41) is 0.744. The smallest absolute Gasteiger partial charge is 0.201 e. The number of nitrogens with two attached hydrogens (primary N) is 1. The molecule has 3 nitrogen and oxygen atoms in total. The van der Waals surface area contributed by atoms with E-state index in [9.17, 15) is 0 Å². The quantitative estimate of drug-likeness (QED) is 0.824. The molecule has 16 heavy (non-hydrogen) atoms. The minimum absolute atomic E-state index is 0.477. The minimum Gasteiger partial charge on any atom is -0.369 e. The summed E-state index contributed by atoms with van der Waals surface area (Å²) in [6.45, 7) is 0. The second-order valence-electron chi connectivity index (χ2n) is 4.39. The van der Waals surface area contributed by atoms with Crippen molar-refractivity contribution >= 4 is 28.6 Å². The molecule has 1 fully saturated rings.